The molecule has 1 nitrogen and oxygen atoms in total. The van der Waals surface area contributed by atoms with Crippen molar-refractivity contribution in [2.24, 2.45) is 4.99 Å². The van der Waals surface area contributed by atoms with E-state index in [4.69, 9.17) is 4.99 Å². The average molecular weight is 612 g/mol. The second-order valence-electron chi connectivity index (χ2n) is 11.3. The number of benzene rings is 6. The number of hydrogen-bond acceptors (Lipinski definition) is 3. The molecular weight excluding hydrogens is 583 g/mol. The fraction of sp³-hybridized carbons (Fsp3) is 0.0238. The first-order valence-electron chi connectivity index (χ1n) is 15.1. The highest BCUT2D eigenvalue weighted by atomic mass is 32.1. The summed E-state index contributed by atoms with van der Waals surface area (Å²) in [6, 6.07) is 49.8. The second-order valence-corrected chi connectivity index (χ2v) is 13.5. The van der Waals surface area contributed by atoms with Gasteiger partial charge in [0.2, 0.25) is 0 Å². The Morgan fingerprint density at radius 2 is 1.07 bits per heavy atom. The lowest BCUT2D eigenvalue weighted by atomic mass is 10.0. The average Bonchev–Trinajstić information content (AvgIpc) is 3.66. The standard InChI is InChI=1S/C42H29NS2/c1-27(30-19-21-36-34-15-6-8-17-39(34)44-41(36)25-30)23-38(33-20-22-37-35-16-7-9-18-40(35)45-42(37)26-33)43-28(2)31-13-10-14-32(24-31)29-11-4-3-5-12-29/h3-26H,1H2,2H3/b38-23-,43-28?. The van der Waals surface area contributed by atoms with E-state index in [1.54, 1.807) is 0 Å². The van der Waals surface area contributed by atoms with Gasteiger partial charge >= 0.3 is 0 Å². The van der Waals surface area contributed by atoms with Gasteiger partial charge in [-0.2, -0.15) is 0 Å². The van der Waals surface area contributed by atoms with E-state index >= 15 is 0 Å². The van der Waals surface area contributed by atoms with Crippen LogP contribution in [0.4, 0.5) is 0 Å². The van der Waals surface area contributed by atoms with Crippen LogP contribution in [0.2, 0.25) is 0 Å². The third-order valence-electron chi connectivity index (χ3n) is 8.41. The zero-order valence-corrected chi connectivity index (χ0v) is 26.5. The molecule has 0 saturated carbocycles. The summed E-state index contributed by atoms with van der Waals surface area (Å²) in [7, 11) is 0. The lowest BCUT2D eigenvalue weighted by Gasteiger charge is -2.10. The van der Waals surface area contributed by atoms with Crippen molar-refractivity contribution in [1.82, 2.24) is 0 Å². The van der Waals surface area contributed by atoms with Crippen LogP contribution >= 0.6 is 22.7 Å². The maximum absolute atomic E-state index is 5.30. The van der Waals surface area contributed by atoms with E-state index in [9.17, 15) is 0 Å². The van der Waals surface area contributed by atoms with Crippen LogP contribution in [0.1, 0.15) is 23.6 Å². The van der Waals surface area contributed by atoms with Crippen molar-refractivity contribution in [3.8, 4) is 11.1 Å². The van der Waals surface area contributed by atoms with Crippen molar-refractivity contribution in [3.05, 3.63) is 169 Å². The molecule has 0 N–H and O–H groups in total. The van der Waals surface area contributed by atoms with Crippen LogP contribution in [-0.4, -0.2) is 5.71 Å². The van der Waals surface area contributed by atoms with Crippen LogP contribution in [0.3, 0.4) is 0 Å². The molecule has 0 aliphatic heterocycles. The zero-order chi connectivity index (χ0) is 30.3. The van der Waals surface area contributed by atoms with Gasteiger partial charge in [-0.05, 0) is 71.2 Å². The number of aliphatic imine (C=N–C) groups is 1. The normalized spacial score (nSPS) is 12.5. The molecule has 0 atom stereocenters. The predicted molar refractivity (Wildman–Crippen MR) is 200 cm³/mol. The Balaban J connectivity index is 1.24. The molecule has 0 bridgehead atoms. The fourth-order valence-electron chi connectivity index (χ4n) is 6.04. The summed E-state index contributed by atoms with van der Waals surface area (Å²) >= 11 is 3.66. The van der Waals surface area contributed by atoms with Crippen molar-refractivity contribution < 1.29 is 0 Å². The smallest absolute Gasteiger partial charge is 0.0711 e. The summed E-state index contributed by atoms with van der Waals surface area (Å²) in [5.41, 5.74) is 8.47. The largest absolute Gasteiger partial charge is 0.252 e. The van der Waals surface area contributed by atoms with Gasteiger partial charge in [0.1, 0.15) is 0 Å². The van der Waals surface area contributed by atoms with E-state index in [1.165, 1.54) is 51.5 Å². The zero-order valence-electron chi connectivity index (χ0n) is 24.8. The topological polar surface area (TPSA) is 12.4 Å². The lowest BCUT2D eigenvalue weighted by molar-refractivity contribution is 1.48. The van der Waals surface area contributed by atoms with Gasteiger partial charge in [-0.25, -0.2) is 0 Å². The minimum absolute atomic E-state index is 0.901. The monoisotopic (exact) mass is 611 g/mol. The second kappa shape index (κ2) is 11.4. The first-order valence-corrected chi connectivity index (χ1v) is 16.7. The third-order valence-corrected chi connectivity index (χ3v) is 10.7. The number of rotatable bonds is 6. The Hall–Kier alpha value is -5.09. The Labute approximate surface area is 270 Å². The van der Waals surface area contributed by atoms with E-state index in [0.717, 1.165) is 33.7 Å². The molecule has 0 unspecified atom stereocenters. The van der Waals surface area contributed by atoms with Crippen molar-refractivity contribution in [2.75, 3.05) is 0 Å². The van der Waals surface area contributed by atoms with E-state index < -0.39 is 0 Å². The van der Waals surface area contributed by atoms with E-state index in [0.29, 0.717) is 0 Å². The highest BCUT2D eigenvalue weighted by Crippen LogP contribution is 2.38. The molecule has 8 rings (SSSR count). The van der Waals surface area contributed by atoms with Crippen LogP contribution in [0.25, 0.3) is 62.7 Å². The minimum Gasteiger partial charge on any atom is -0.252 e. The minimum atomic E-state index is 0.901. The number of fused-ring (bicyclic) bond motifs is 6. The number of hydrogen-bond donors (Lipinski definition) is 0. The molecule has 0 fully saturated rings. The quantitative estimate of drug-likeness (QED) is 0.131. The number of nitrogens with zero attached hydrogens (tertiary/aromatic N) is 1. The van der Waals surface area contributed by atoms with E-state index in [1.807, 2.05) is 22.7 Å². The summed E-state index contributed by atoms with van der Waals surface area (Å²) in [6.45, 7) is 6.64. The van der Waals surface area contributed by atoms with Crippen LogP contribution in [0, 0.1) is 0 Å². The Bertz CT molecular complexity index is 2450. The molecule has 6 aromatic carbocycles. The Morgan fingerprint density at radius 3 is 1.76 bits per heavy atom. The molecule has 45 heavy (non-hydrogen) atoms. The van der Waals surface area contributed by atoms with Gasteiger partial charge in [0.05, 0.1) is 5.70 Å². The molecule has 3 heteroatoms. The molecular formula is C42H29NS2. The number of allylic oxidation sites excluding steroid dienone is 2. The maximum Gasteiger partial charge on any atom is 0.0711 e. The number of thiophene rings is 2. The van der Waals surface area contributed by atoms with Gasteiger partial charge in [0.15, 0.2) is 0 Å². The van der Waals surface area contributed by atoms with Gasteiger partial charge in [-0.1, -0.05) is 116 Å². The SMILES string of the molecule is C=C(/C=C(\N=C(C)c1cccc(-c2ccccc2)c1)c1ccc2c(c1)sc1ccccc12)c1ccc2c(c1)sc1ccccc12. The van der Waals surface area contributed by atoms with Crippen LogP contribution in [0.15, 0.2) is 157 Å². The Morgan fingerprint density at radius 1 is 0.511 bits per heavy atom. The molecule has 214 valence electrons. The highest BCUT2D eigenvalue weighted by Gasteiger charge is 2.12. The Kier molecular flexibility index (Phi) is 6.98. The molecule has 0 aliphatic carbocycles. The molecule has 0 saturated heterocycles. The van der Waals surface area contributed by atoms with E-state index in [2.05, 4.69) is 159 Å². The van der Waals surface area contributed by atoms with Crippen LogP contribution in [-0.2, 0) is 0 Å². The fourth-order valence-corrected chi connectivity index (χ4v) is 8.33. The highest BCUT2D eigenvalue weighted by molar-refractivity contribution is 7.26. The first-order chi connectivity index (χ1) is 22.1. The summed E-state index contributed by atoms with van der Waals surface area (Å²) < 4.78 is 5.14. The molecule has 0 spiro atoms. The first kappa shape index (κ1) is 27.5. The molecule has 2 heterocycles. The molecule has 0 aliphatic rings. The summed E-state index contributed by atoms with van der Waals surface area (Å²) in [5, 5.41) is 5.18. The summed E-state index contributed by atoms with van der Waals surface area (Å²) in [5.74, 6) is 0. The van der Waals surface area contributed by atoms with Crippen molar-refractivity contribution in [1.29, 1.82) is 0 Å². The van der Waals surface area contributed by atoms with Crippen molar-refractivity contribution in [3.63, 3.8) is 0 Å². The molecule has 0 amide bonds. The van der Waals surface area contributed by atoms with Gasteiger partial charge in [-0.15, -0.1) is 22.7 Å². The molecule has 0 radical (unpaired) electrons. The summed E-state index contributed by atoms with van der Waals surface area (Å²) in [6.07, 6.45) is 2.15. The lowest BCUT2D eigenvalue weighted by Crippen LogP contribution is -1.97. The van der Waals surface area contributed by atoms with Gasteiger partial charge < -0.3 is 0 Å². The van der Waals surface area contributed by atoms with Crippen molar-refractivity contribution >= 4 is 80.0 Å². The molecule has 2 aromatic heterocycles. The van der Waals surface area contributed by atoms with Gasteiger partial charge in [0.25, 0.3) is 0 Å². The predicted octanol–water partition coefficient (Wildman–Crippen LogP) is 12.7. The third kappa shape index (κ3) is 5.21. The van der Waals surface area contributed by atoms with Crippen LogP contribution in [0.5, 0.6) is 0 Å². The van der Waals surface area contributed by atoms with Gasteiger partial charge in [0, 0.05) is 51.6 Å². The van der Waals surface area contributed by atoms with Gasteiger partial charge in [-0.3, -0.25) is 4.99 Å². The van der Waals surface area contributed by atoms with E-state index in [-0.39, 0.29) is 0 Å². The summed E-state index contributed by atoms with van der Waals surface area (Å²) in [4.78, 5) is 5.30. The molecule has 8 aromatic rings. The van der Waals surface area contributed by atoms with Crippen LogP contribution < -0.4 is 0 Å². The maximum atomic E-state index is 5.30. The van der Waals surface area contributed by atoms with Crippen molar-refractivity contribution in [2.45, 2.75) is 6.92 Å².